The molecule has 0 amide bonds. The molecule has 0 saturated carbocycles. The van der Waals surface area contributed by atoms with Gasteiger partial charge in [-0.25, -0.2) is 0 Å². The molecule has 0 aliphatic carbocycles. The maximum absolute atomic E-state index is 12.1. The van der Waals surface area contributed by atoms with Crippen molar-refractivity contribution in [2.75, 3.05) is 7.05 Å². The van der Waals surface area contributed by atoms with E-state index in [0.29, 0.717) is 3.11 Å². The van der Waals surface area contributed by atoms with Gasteiger partial charge in [-0.15, -0.1) is 0 Å². The van der Waals surface area contributed by atoms with E-state index in [1.54, 1.807) is 0 Å². The van der Waals surface area contributed by atoms with Crippen molar-refractivity contribution in [1.82, 2.24) is 3.11 Å². The van der Waals surface area contributed by atoms with Gasteiger partial charge in [-0.2, -0.15) is 22.0 Å². The van der Waals surface area contributed by atoms with E-state index in [1.807, 2.05) is 0 Å². The molecule has 0 saturated heterocycles. The number of allylic oxidation sites excluding steroid dienone is 1. The normalized spacial score (nSPS) is 14.5. The molecule has 0 spiro atoms. The Morgan fingerprint density at radius 2 is 1.64 bits per heavy atom. The molecular formula is C4H3F5IN. The Balaban J connectivity index is 4.67. The largest absolute Gasteiger partial charge is 0.447 e. The maximum Gasteiger partial charge on any atom is 0.447 e. The predicted molar refractivity (Wildman–Crippen MR) is 37.1 cm³/mol. The van der Waals surface area contributed by atoms with Crippen molar-refractivity contribution in [2.45, 2.75) is 6.18 Å². The Morgan fingerprint density at radius 3 is 1.73 bits per heavy atom. The first-order chi connectivity index (χ1) is 4.76. The average molecular weight is 287 g/mol. The van der Waals surface area contributed by atoms with Crippen molar-refractivity contribution in [3.63, 3.8) is 0 Å². The first-order valence-corrected chi connectivity index (χ1v) is 3.25. The Morgan fingerprint density at radius 1 is 1.27 bits per heavy atom. The van der Waals surface area contributed by atoms with Crippen LogP contribution in [0, 0.1) is 0 Å². The molecule has 1 nitrogen and oxygen atoms in total. The van der Waals surface area contributed by atoms with Crippen LogP contribution in [0.4, 0.5) is 22.0 Å². The van der Waals surface area contributed by atoms with Gasteiger partial charge < -0.3 is 0 Å². The van der Waals surface area contributed by atoms with E-state index < -0.39 is 18.0 Å². The summed E-state index contributed by atoms with van der Waals surface area (Å²) in [6.45, 7) is 0. The number of hydrogen-bond donors (Lipinski definition) is 0. The topological polar surface area (TPSA) is 3.24 Å². The van der Waals surface area contributed by atoms with Gasteiger partial charge in [0.25, 0.3) is 5.83 Å². The molecule has 7 heteroatoms. The molecule has 0 aliphatic rings. The van der Waals surface area contributed by atoms with Crippen LogP contribution in [-0.4, -0.2) is 16.3 Å². The lowest BCUT2D eigenvalue weighted by atomic mass is 10.5. The zero-order valence-corrected chi connectivity index (χ0v) is 7.37. The van der Waals surface area contributed by atoms with Crippen molar-refractivity contribution in [3.8, 4) is 0 Å². The number of alkyl halides is 3. The summed E-state index contributed by atoms with van der Waals surface area (Å²) in [6.07, 6.45) is -5.25. The van der Waals surface area contributed by atoms with Crippen molar-refractivity contribution < 1.29 is 22.0 Å². The second-order valence-electron chi connectivity index (χ2n) is 1.58. The van der Waals surface area contributed by atoms with Gasteiger partial charge in [-0.3, -0.25) is 3.11 Å². The van der Waals surface area contributed by atoms with Gasteiger partial charge in [0.2, 0.25) is 5.95 Å². The quantitative estimate of drug-likeness (QED) is 0.310. The second-order valence-corrected chi connectivity index (χ2v) is 3.03. The van der Waals surface area contributed by atoms with Crippen molar-refractivity contribution in [3.05, 3.63) is 11.8 Å². The lowest BCUT2D eigenvalue weighted by Gasteiger charge is -2.09. The van der Waals surface area contributed by atoms with E-state index in [-0.39, 0.29) is 0 Å². The maximum atomic E-state index is 12.1. The monoisotopic (exact) mass is 287 g/mol. The van der Waals surface area contributed by atoms with Crippen LogP contribution < -0.4 is 0 Å². The highest BCUT2D eigenvalue weighted by molar-refractivity contribution is 14.1. The van der Waals surface area contributed by atoms with Gasteiger partial charge in [-0.1, -0.05) is 0 Å². The Labute approximate surface area is 73.4 Å². The summed E-state index contributed by atoms with van der Waals surface area (Å²) in [7, 11) is 0.960. The van der Waals surface area contributed by atoms with Crippen molar-refractivity contribution in [2.24, 2.45) is 0 Å². The molecule has 66 valence electrons. The van der Waals surface area contributed by atoms with Gasteiger partial charge in [0.1, 0.15) is 0 Å². The molecule has 0 rings (SSSR count). The highest BCUT2D eigenvalue weighted by Crippen LogP contribution is 2.31. The van der Waals surface area contributed by atoms with Crippen LogP contribution in [0.1, 0.15) is 0 Å². The fraction of sp³-hybridized carbons (Fsp3) is 0.500. The van der Waals surface area contributed by atoms with E-state index in [2.05, 4.69) is 0 Å². The molecule has 0 unspecified atom stereocenters. The third-order valence-electron chi connectivity index (χ3n) is 0.701. The van der Waals surface area contributed by atoms with Crippen molar-refractivity contribution in [1.29, 1.82) is 0 Å². The summed E-state index contributed by atoms with van der Waals surface area (Å²) in [4.78, 5) is 0. The summed E-state index contributed by atoms with van der Waals surface area (Å²) in [5.41, 5.74) is 0. The third kappa shape index (κ3) is 3.21. The minimum atomic E-state index is -5.25. The summed E-state index contributed by atoms with van der Waals surface area (Å²) in [6, 6.07) is 0. The Kier molecular flexibility index (Phi) is 3.52. The molecule has 0 aromatic heterocycles. The molecule has 0 heterocycles. The molecular weight excluding hydrogens is 284 g/mol. The number of nitrogens with zero attached hydrogens (tertiary/aromatic N) is 1. The zero-order valence-electron chi connectivity index (χ0n) is 5.22. The van der Waals surface area contributed by atoms with Crippen LogP contribution in [0.5, 0.6) is 0 Å². The SMILES string of the molecule is CN(I)/C(F)=C(\F)C(F)(F)F. The lowest BCUT2D eigenvalue weighted by molar-refractivity contribution is -0.112. The zero-order chi connectivity index (χ0) is 9.23. The van der Waals surface area contributed by atoms with Gasteiger partial charge in [0.05, 0.1) is 22.9 Å². The lowest BCUT2D eigenvalue weighted by Crippen LogP contribution is -2.13. The molecule has 0 aromatic carbocycles. The average Bonchev–Trinajstić information content (AvgIpc) is 1.82. The number of hydrogen-bond acceptors (Lipinski definition) is 1. The first-order valence-electron chi connectivity index (χ1n) is 2.28. The third-order valence-corrected chi connectivity index (χ3v) is 1.12. The van der Waals surface area contributed by atoms with Crippen LogP contribution in [0.15, 0.2) is 11.8 Å². The van der Waals surface area contributed by atoms with E-state index >= 15 is 0 Å². The summed E-state index contributed by atoms with van der Waals surface area (Å²) >= 11 is 1.18. The fourth-order valence-corrected chi connectivity index (χ4v) is 0.464. The summed E-state index contributed by atoms with van der Waals surface area (Å²) in [5.74, 6) is -4.65. The molecule has 0 radical (unpaired) electrons. The van der Waals surface area contributed by atoms with Crippen LogP contribution in [0.2, 0.25) is 0 Å². The molecule has 0 aromatic rings. The summed E-state index contributed by atoms with van der Waals surface area (Å²) < 4.78 is 58.5. The van der Waals surface area contributed by atoms with Crippen LogP contribution in [-0.2, 0) is 0 Å². The first kappa shape index (κ1) is 10.9. The smallest absolute Gasteiger partial charge is 0.292 e. The minimum Gasteiger partial charge on any atom is -0.292 e. The number of halogens is 6. The Bertz CT molecular complexity index is 172. The van der Waals surface area contributed by atoms with Gasteiger partial charge in [0.15, 0.2) is 0 Å². The highest BCUT2D eigenvalue weighted by atomic mass is 127. The van der Waals surface area contributed by atoms with E-state index in [1.165, 1.54) is 22.9 Å². The molecule has 0 atom stereocenters. The van der Waals surface area contributed by atoms with Gasteiger partial charge in [-0.05, 0) is 0 Å². The van der Waals surface area contributed by atoms with Crippen LogP contribution >= 0.6 is 22.9 Å². The van der Waals surface area contributed by atoms with Crippen LogP contribution in [0.3, 0.4) is 0 Å². The molecule has 0 aliphatic heterocycles. The van der Waals surface area contributed by atoms with Crippen LogP contribution in [0.25, 0.3) is 0 Å². The molecule has 11 heavy (non-hydrogen) atoms. The van der Waals surface area contributed by atoms with E-state index in [0.717, 1.165) is 7.05 Å². The number of rotatable bonds is 1. The second kappa shape index (κ2) is 3.55. The van der Waals surface area contributed by atoms with E-state index in [9.17, 15) is 22.0 Å². The van der Waals surface area contributed by atoms with Gasteiger partial charge in [0, 0.05) is 7.05 Å². The van der Waals surface area contributed by atoms with Crippen molar-refractivity contribution >= 4 is 22.9 Å². The molecule has 0 fully saturated rings. The highest BCUT2D eigenvalue weighted by Gasteiger charge is 2.39. The fourth-order valence-electron chi connectivity index (χ4n) is 0.252. The molecule has 0 N–H and O–H groups in total. The summed E-state index contributed by atoms with van der Waals surface area (Å²) in [5, 5.41) is 0. The minimum absolute atomic E-state index is 0.376. The Hall–Kier alpha value is -0.0800. The van der Waals surface area contributed by atoms with E-state index in [4.69, 9.17) is 0 Å². The van der Waals surface area contributed by atoms with Gasteiger partial charge >= 0.3 is 6.18 Å². The molecule has 0 bridgehead atoms. The predicted octanol–water partition coefficient (Wildman–Crippen LogP) is 2.94. The standard InChI is InChI=1S/C4H3F5IN/c1-11(10)3(6)2(5)4(7,8)9/h1H3/b3-2-.